The number of ether oxygens (including phenoxy) is 1. The summed E-state index contributed by atoms with van der Waals surface area (Å²) in [6, 6.07) is 7.33. The van der Waals surface area contributed by atoms with E-state index >= 15 is 0 Å². The predicted molar refractivity (Wildman–Crippen MR) is 70.3 cm³/mol. The van der Waals surface area contributed by atoms with E-state index in [-0.39, 0.29) is 11.5 Å². The van der Waals surface area contributed by atoms with Crippen molar-refractivity contribution in [1.29, 1.82) is 0 Å². The van der Waals surface area contributed by atoms with Crippen LogP contribution >= 0.6 is 11.6 Å². The summed E-state index contributed by atoms with van der Waals surface area (Å²) in [5, 5.41) is 12.0. The third kappa shape index (κ3) is 3.56. The van der Waals surface area contributed by atoms with Crippen LogP contribution < -0.4 is 10.5 Å². The van der Waals surface area contributed by atoms with Gasteiger partial charge in [0.1, 0.15) is 12.3 Å². The summed E-state index contributed by atoms with van der Waals surface area (Å²) in [5.41, 5.74) is 6.57. The summed E-state index contributed by atoms with van der Waals surface area (Å²) in [7, 11) is 0. The largest absolute Gasteiger partial charge is 0.472 e. The van der Waals surface area contributed by atoms with Crippen LogP contribution in [-0.4, -0.2) is 21.0 Å². The van der Waals surface area contributed by atoms with E-state index in [4.69, 9.17) is 27.3 Å². The number of hydrogen-bond donors (Lipinski definition) is 2. The second-order valence-electron chi connectivity index (χ2n) is 3.64. The molecule has 0 amide bonds. The Balaban J connectivity index is 2.00. The number of oxime groups is 1. The summed E-state index contributed by atoms with van der Waals surface area (Å²) in [4.78, 5) is 7.95. The van der Waals surface area contributed by atoms with Crippen LogP contribution in [0.25, 0.3) is 0 Å². The van der Waals surface area contributed by atoms with Gasteiger partial charge in [0.15, 0.2) is 5.84 Å². The molecule has 0 radical (unpaired) electrons. The van der Waals surface area contributed by atoms with Crippen LogP contribution in [-0.2, 0) is 6.61 Å². The average molecular weight is 279 g/mol. The number of nitrogens with two attached hydrogens (primary N) is 1. The normalized spacial score (nSPS) is 11.3. The third-order valence-electron chi connectivity index (χ3n) is 2.27. The lowest BCUT2D eigenvalue weighted by Gasteiger charge is -2.05. The van der Waals surface area contributed by atoms with Gasteiger partial charge in [-0.15, -0.1) is 0 Å². The number of amidine groups is 1. The third-order valence-corrected chi connectivity index (χ3v) is 2.51. The van der Waals surface area contributed by atoms with Crippen molar-refractivity contribution in [3.63, 3.8) is 0 Å². The molecule has 1 aromatic carbocycles. The van der Waals surface area contributed by atoms with E-state index in [2.05, 4.69) is 15.1 Å². The predicted octanol–water partition coefficient (Wildman–Crippen LogP) is 1.80. The van der Waals surface area contributed by atoms with Crippen LogP contribution in [0.3, 0.4) is 0 Å². The Morgan fingerprint density at radius 3 is 2.84 bits per heavy atom. The lowest BCUT2D eigenvalue weighted by atomic mass is 10.2. The second-order valence-corrected chi connectivity index (χ2v) is 4.08. The lowest BCUT2D eigenvalue weighted by molar-refractivity contribution is 0.292. The fourth-order valence-corrected chi connectivity index (χ4v) is 1.57. The molecule has 0 aliphatic carbocycles. The van der Waals surface area contributed by atoms with Crippen LogP contribution in [0.2, 0.25) is 5.02 Å². The van der Waals surface area contributed by atoms with E-state index in [1.165, 1.54) is 12.4 Å². The van der Waals surface area contributed by atoms with Gasteiger partial charge in [0.25, 0.3) is 0 Å². The monoisotopic (exact) mass is 278 g/mol. The zero-order chi connectivity index (χ0) is 13.7. The summed E-state index contributed by atoms with van der Waals surface area (Å²) < 4.78 is 5.44. The first-order valence-corrected chi connectivity index (χ1v) is 5.74. The van der Waals surface area contributed by atoms with Gasteiger partial charge in [-0.05, 0) is 17.7 Å². The SMILES string of the molecule is NC(=NO)c1cnc(OCc2cccc(Cl)c2)cn1. The highest BCUT2D eigenvalue weighted by molar-refractivity contribution is 6.30. The summed E-state index contributed by atoms with van der Waals surface area (Å²) in [6.07, 6.45) is 2.76. The van der Waals surface area contributed by atoms with E-state index in [9.17, 15) is 0 Å². The molecule has 19 heavy (non-hydrogen) atoms. The number of halogens is 1. The molecule has 0 aliphatic rings. The van der Waals surface area contributed by atoms with Crippen molar-refractivity contribution in [1.82, 2.24) is 9.97 Å². The molecule has 6 nitrogen and oxygen atoms in total. The molecule has 0 fully saturated rings. The summed E-state index contributed by atoms with van der Waals surface area (Å²) in [6.45, 7) is 0.332. The highest BCUT2D eigenvalue weighted by Gasteiger charge is 2.03. The Morgan fingerprint density at radius 1 is 1.37 bits per heavy atom. The first-order valence-electron chi connectivity index (χ1n) is 5.36. The number of benzene rings is 1. The van der Waals surface area contributed by atoms with E-state index in [1.54, 1.807) is 12.1 Å². The number of aromatic nitrogens is 2. The smallest absolute Gasteiger partial charge is 0.232 e. The van der Waals surface area contributed by atoms with Gasteiger partial charge in [-0.2, -0.15) is 0 Å². The number of nitrogens with zero attached hydrogens (tertiary/aromatic N) is 3. The van der Waals surface area contributed by atoms with Gasteiger partial charge in [-0.25, -0.2) is 9.97 Å². The van der Waals surface area contributed by atoms with Crippen LogP contribution in [0.4, 0.5) is 0 Å². The topological polar surface area (TPSA) is 93.6 Å². The van der Waals surface area contributed by atoms with E-state index in [0.717, 1.165) is 5.56 Å². The van der Waals surface area contributed by atoms with E-state index in [1.807, 2.05) is 12.1 Å². The molecule has 0 bridgehead atoms. The van der Waals surface area contributed by atoms with E-state index in [0.29, 0.717) is 17.5 Å². The Bertz CT molecular complexity index is 587. The Morgan fingerprint density at radius 2 is 2.21 bits per heavy atom. The van der Waals surface area contributed by atoms with Crippen molar-refractivity contribution in [2.75, 3.05) is 0 Å². The van der Waals surface area contributed by atoms with Crippen LogP contribution in [0.5, 0.6) is 5.88 Å². The summed E-state index contributed by atoms with van der Waals surface area (Å²) >= 11 is 5.86. The minimum absolute atomic E-state index is 0.103. The van der Waals surface area contributed by atoms with Gasteiger partial charge in [-0.1, -0.05) is 28.9 Å². The number of rotatable bonds is 4. The van der Waals surface area contributed by atoms with Crippen molar-refractivity contribution in [3.8, 4) is 5.88 Å². The van der Waals surface area contributed by atoms with Crippen molar-refractivity contribution >= 4 is 17.4 Å². The van der Waals surface area contributed by atoms with Crippen molar-refractivity contribution < 1.29 is 9.94 Å². The maximum atomic E-state index is 8.49. The molecule has 7 heteroatoms. The molecule has 2 aromatic rings. The second kappa shape index (κ2) is 6.01. The highest BCUT2D eigenvalue weighted by atomic mass is 35.5. The Hall–Kier alpha value is -2.34. The summed E-state index contributed by atoms with van der Waals surface area (Å²) in [5.74, 6) is 0.239. The molecule has 98 valence electrons. The van der Waals surface area contributed by atoms with Crippen molar-refractivity contribution in [2.24, 2.45) is 10.9 Å². The standard InChI is InChI=1S/C12H11ClN4O2/c13-9-3-1-2-8(4-9)7-19-11-6-15-10(5-16-11)12(14)17-18/h1-6,18H,7H2,(H2,14,17). The average Bonchev–Trinajstić information content (AvgIpc) is 2.45. The molecule has 0 aliphatic heterocycles. The molecule has 0 spiro atoms. The minimum Gasteiger partial charge on any atom is -0.472 e. The Kier molecular flexibility index (Phi) is 4.15. The molecule has 0 atom stereocenters. The molecule has 1 aromatic heterocycles. The Labute approximate surface area is 114 Å². The molecule has 3 N–H and O–H groups in total. The van der Waals surface area contributed by atoms with E-state index < -0.39 is 0 Å². The van der Waals surface area contributed by atoms with Crippen LogP contribution in [0, 0.1) is 0 Å². The van der Waals surface area contributed by atoms with Gasteiger partial charge in [-0.3, -0.25) is 0 Å². The molecule has 0 unspecified atom stereocenters. The highest BCUT2D eigenvalue weighted by Crippen LogP contribution is 2.13. The molecular weight excluding hydrogens is 268 g/mol. The first kappa shape index (κ1) is 13.1. The molecule has 2 rings (SSSR count). The van der Waals surface area contributed by atoms with Crippen molar-refractivity contribution in [3.05, 3.63) is 52.9 Å². The lowest BCUT2D eigenvalue weighted by Crippen LogP contribution is -2.15. The first-order chi connectivity index (χ1) is 9.19. The van der Waals surface area contributed by atoms with Crippen molar-refractivity contribution in [2.45, 2.75) is 6.61 Å². The maximum absolute atomic E-state index is 8.49. The molecule has 0 saturated carbocycles. The molecular formula is C12H11ClN4O2. The molecule has 0 saturated heterocycles. The van der Waals surface area contributed by atoms with Crippen LogP contribution in [0.1, 0.15) is 11.3 Å². The fraction of sp³-hybridized carbons (Fsp3) is 0.0833. The quantitative estimate of drug-likeness (QED) is 0.385. The van der Waals surface area contributed by atoms with Crippen LogP contribution in [0.15, 0.2) is 41.8 Å². The molecule has 1 heterocycles. The minimum atomic E-state index is -0.103. The van der Waals surface area contributed by atoms with Gasteiger partial charge in [0.2, 0.25) is 5.88 Å². The van der Waals surface area contributed by atoms with Gasteiger partial charge < -0.3 is 15.7 Å². The number of hydrogen-bond acceptors (Lipinski definition) is 5. The zero-order valence-corrected chi connectivity index (χ0v) is 10.6. The zero-order valence-electron chi connectivity index (χ0n) is 9.82. The van der Waals surface area contributed by atoms with Gasteiger partial charge in [0, 0.05) is 5.02 Å². The van der Waals surface area contributed by atoms with Gasteiger partial charge in [0.05, 0.1) is 12.4 Å². The maximum Gasteiger partial charge on any atom is 0.232 e. The van der Waals surface area contributed by atoms with Gasteiger partial charge >= 0.3 is 0 Å². The fourth-order valence-electron chi connectivity index (χ4n) is 1.36.